The molecule has 0 unspecified atom stereocenters. The molecule has 0 aliphatic carbocycles. The lowest BCUT2D eigenvalue weighted by atomic mass is 9.85. The average Bonchev–Trinajstić information content (AvgIpc) is 4.37. The van der Waals surface area contributed by atoms with Crippen molar-refractivity contribution in [2.75, 3.05) is 17.0 Å². The monoisotopic (exact) mass is 1110 g/mol. The first-order valence-electron chi connectivity index (χ1n) is 25.6. The molecule has 0 radical (unpaired) electrons. The van der Waals surface area contributed by atoms with Crippen molar-refractivity contribution in [2.24, 2.45) is 12.5 Å². The molecular weight excluding hydrogens is 1050 g/mol. The van der Waals surface area contributed by atoms with Crippen molar-refractivity contribution in [3.63, 3.8) is 0 Å². The maximum Gasteiger partial charge on any atom is 0.355 e. The first-order chi connectivity index (χ1) is 37.1. The van der Waals surface area contributed by atoms with Crippen LogP contribution >= 0.6 is 11.3 Å². The lowest BCUT2D eigenvalue weighted by Crippen LogP contribution is -2.57. The summed E-state index contributed by atoms with van der Waals surface area (Å²) in [6.07, 6.45) is 7.85. The van der Waals surface area contributed by atoms with E-state index in [4.69, 9.17) is 15.6 Å². The summed E-state index contributed by atoms with van der Waals surface area (Å²) in [5, 5.41) is 26.4. The van der Waals surface area contributed by atoms with Crippen LogP contribution in [-0.4, -0.2) is 96.2 Å². The number of aliphatic hydroxyl groups excluding tert-OH is 1. The van der Waals surface area contributed by atoms with Crippen molar-refractivity contribution in [2.45, 2.75) is 123 Å². The number of rotatable bonds is 22. The summed E-state index contributed by atoms with van der Waals surface area (Å²) < 4.78 is 76.7. The van der Waals surface area contributed by atoms with Gasteiger partial charge in [0.1, 0.15) is 41.3 Å². The number of carbonyl (C=O) groups is 3. The van der Waals surface area contributed by atoms with Crippen molar-refractivity contribution in [1.82, 2.24) is 45.1 Å². The lowest BCUT2D eigenvalue weighted by molar-refractivity contribution is -0.144. The first-order valence-corrected chi connectivity index (χ1v) is 28.1. The molecule has 0 bridgehead atoms. The smallest absolute Gasteiger partial charge is 0.355 e. The molecule has 78 heavy (non-hydrogen) atoms. The van der Waals surface area contributed by atoms with Crippen molar-refractivity contribution < 1.29 is 45.8 Å². The number of pyridine rings is 1. The SMILES string of the molecule is Cc1ncsc1-c1ccc(CNC(=O)[C@@H]2C[C@@H](O)CN2C(=O)[C@@H](NC(=O)CCCCCCCn2cc(-c3cnc(N)c4c(-c5ccc(NS(=O)(=O)C(F)F)c(O[C@@H](C)c6ccc(F)cc6)c5)nn(C)c34)cn2)C(C)(C)C)cc1. The number of carbonyl (C=O) groups excluding carboxylic acids is 3. The number of anilines is 2. The zero-order valence-corrected chi connectivity index (χ0v) is 45.8. The van der Waals surface area contributed by atoms with E-state index in [-0.39, 0.29) is 55.0 Å². The fourth-order valence-corrected chi connectivity index (χ4v) is 10.9. The number of unbranched alkanes of at least 4 members (excludes halogenated alkanes) is 4. The standard InChI is InChI=1S/C55H64F3N11O7S2/c1-32-49(77-31-62-32)36-15-13-34(14-16-36)26-61-52(72)43-25-40(70)30-69(43)53(73)50(55(3,4)5)64-45(71)12-10-8-7-9-11-23-68-29-38(27-63-68)41-28-60-51(59)46-47(65-67(6)48(41)46)37-19-22-42(66-78(74,75)54(57)58)44(24-37)76-33(2)35-17-20-39(56)21-18-35/h13-22,24,27-29,31,33,40,43,50,54,66,70H,7-12,23,25-26,30H2,1-6H3,(H2,59,60)(H,61,72)(H,64,71)/t33-,40+,43-,50+/m0/s1. The number of aryl methyl sites for hydroxylation is 3. The van der Waals surface area contributed by atoms with E-state index in [0.717, 1.165) is 52.9 Å². The van der Waals surface area contributed by atoms with Gasteiger partial charge in [-0.2, -0.15) is 19.0 Å². The Morgan fingerprint density at radius 3 is 2.35 bits per heavy atom. The zero-order valence-electron chi connectivity index (χ0n) is 44.2. The van der Waals surface area contributed by atoms with Crippen LogP contribution in [0.15, 0.2) is 90.8 Å². The van der Waals surface area contributed by atoms with Crippen LogP contribution in [-0.2, 0) is 44.5 Å². The molecule has 7 aromatic rings. The van der Waals surface area contributed by atoms with E-state index in [1.807, 2.05) is 67.6 Å². The Morgan fingerprint density at radius 1 is 0.949 bits per heavy atom. The minimum Gasteiger partial charge on any atom is -0.484 e. The summed E-state index contributed by atoms with van der Waals surface area (Å²) in [5.41, 5.74) is 13.6. The van der Waals surface area contributed by atoms with Gasteiger partial charge < -0.3 is 31.1 Å². The van der Waals surface area contributed by atoms with Gasteiger partial charge in [0.15, 0.2) is 0 Å². The van der Waals surface area contributed by atoms with Gasteiger partial charge in [-0.1, -0.05) is 82.5 Å². The number of β-amino-alcohol motifs (C(OH)–C–C–N with tert-alkyl or cyclic N) is 1. The third-order valence-electron chi connectivity index (χ3n) is 13.7. The van der Waals surface area contributed by atoms with Gasteiger partial charge in [-0.25, -0.2) is 22.8 Å². The van der Waals surface area contributed by atoms with Crippen molar-refractivity contribution in [3.05, 3.63) is 113 Å². The number of nitrogens with one attached hydrogen (secondary N) is 3. The van der Waals surface area contributed by atoms with Crippen LogP contribution in [0.3, 0.4) is 0 Å². The van der Waals surface area contributed by atoms with Gasteiger partial charge >= 0.3 is 5.76 Å². The Kier molecular flexibility index (Phi) is 17.6. The van der Waals surface area contributed by atoms with Gasteiger partial charge in [-0.05, 0) is 73.1 Å². The number of thiazole rings is 1. The Labute approximate surface area is 454 Å². The number of sulfonamides is 1. The number of hydrogen-bond donors (Lipinski definition) is 5. The zero-order chi connectivity index (χ0) is 56.1. The summed E-state index contributed by atoms with van der Waals surface area (Å²) in [6.45, 7) is 10.0. The molecular formula is C55H64F3N11O7S2. The van der Waals surface area contributed by atoms with E-state index in [0.29, 0.717) is 46.3 Å². The third-order valence-corrected chi connectivity index (χ3v) is 15.7. The highest BCUT2D eigenvalue weighted by Crippen LogP contribution is 2.41. The molecule has 1 fully saturated rings. The number of alkyl halides is 2. The number of aliphatic hydroxyl groups is 1. The highest BCUT2D eigenvalue weighted by molar-refractivity contribution is 7.93. The molecule has 4 aromatic heterocycles. The Balaban J connectivity index is 0.836. The Morgan fingerprint density at radius 2 is 1.65 bits per heavy atom. The van der Waals surface area contributed by atoms with Gasteiger partial charge in [-0.3, -0.25) is 28.5 Å². The van der Waals surface area contributed by atoms with E-state index in [9.17, 15) is 41.1 Å². The number of fused-ring (bicyclic) bond motifs is 1. The van der Waals surface area contributed by atoms with Crippen molar-refractivity contribution in [1.29, 1.82) is 0 Å². The molecule has 0 saturated carbocycles. The van der Waals surface area contributed by atoms with E-state index in [1.54, 1.807) is 47.9 Å². The van der Waals surface area contributed by atoms with E-state index >= 15 is 0 Å². The number of aromatic nitrogens is 6. The quantitative estimate of drug-likeness (QED) is 0.0400. The second-order valence-electron chi connectivity index (χ2n) is 20.6. The van der Waals surface area contributed by atoms with Gasteiger partial charge in [0.25, 0.3) is 10.0 Å². The Hall–Kier alpha value is -7.37. The van der Waals surface area contributed by atoms with Crippen LogP contribution in [0.5, 0.6) is 5.75 Å². The fraction of sp³-hybridized carbons (Fsp3) is 0.400. The summed E-state index contributed by atoms with van der Waals surface area (Å²) in [7, 11) is -3.34. The number of ether oxygens (including phenoxy) is 1. The van der Waals surface area contributed by atoms with E-state index < -0.39 is 57.2 Å². The summed E-state index contributed by atoms with van der Waals surface area (Å²) in [6, 6.07) is 15.8. The van der Waals surface area contributed by atoms with Gasteiger partial charge in [0, 0.05) is 68.6 Å². The Bertz CT molecular complexity index is 3380. The topological polar surface area (TPSA) is 242 Å². The minimum atomic E-state index is -5.08. The van der Waals surface area contributed by atoms with Crippen LogP contribution in [0.4, 0.5) is 24.7 Å². The molecule has 1 aliphatic rings. The van der Waals surface area contributed by atoms with Crippen LogP contribution < -0.4 is 25.8 Å². The van der Waals surface area contributed by atoms with Crippen molar-refractivity contribution in [3.8, 4) is 38.6 Å². The van der Waals surface area contributed by atoms with Gasteiger partial charge in [-0.15, -0.1) is 11.3 Å². The molecule has 8 rings (SSSR count). The van der Waals surface area contributed by atoms with Crippen LogP contribution in [0, 0.1) is 18.2 Å². The van der Waals surface area contributed by atoms with Crippen LogP contribution in [0.1, 0.15) is 95.6 Å². The number of benzene rings is 3. The number of nitrogens with zero attached hydrogens (tertiary/aromatic N) is 7. The molecule has 4 atom stereocenters. The molecule has 6 N–H and O–H groups in total. The van der Waals surface area contributed by atoms with Gasteiger partial charge in [0.05, 0.1) is 45.0 Å². The number of halogens is 3. The van der Waals surface area contributed by atoms with Crippen LogP contribution in [0.2, 0.25) is 0 Å². The molecule has 1 saturated heterocycles. The van der Waals surface area contributed by atoms with Crippen LogP contribution in [0.25, 0.3) is 43.7 Å². The van der Waals surface area contributed by atoms with Crippen molar-refractivity contribution >= 4 is 61.5 Å². The normalized spacial score (nSPS) is 15.7. The second-order valence-corrected chi connectivity index (χ2v) is 23.1. The number of amides is 3. The third kappa shape index (κ3) is 13.3. The molecule has 23 heteroatoms. The largest absolute Gasteiger partial charge is 0.484 e. The fourth-order valence-electron chi connectivity index (χ4n) is 9.52. The highest BCUT2D eigenvalue weighted by Gasteiger charge is 2.44. The molecule has 5 heterocycles. The molecule has 18 nitrogen and oxygen atoms in total. The summed E-state index contributed by atoms with van der Waals surface area (Å²) in [4.78, 5) is 52.3. The van der Waals surface area contributed by atoms with E-state index in [2.05, 4.69) is 25.7 Å². The maximum atomic E-state index is 14.1. The number of nitrogen functional groups attached to an aromatic ring is 1. The molecule has 1 aliphatic heterocycles. The first kappa shape index (κ1) is 56.8. The number of hydrogen-bond acceptors (Lipinski definition) is 13. The highest BCUT2D eigenvalue weighted by atomic mass is 32.2. The predicted molar refractivity (Wildman–Crippen MR) is 293 cm³/mol. The molecule has 3 aromatic carbocycles. The minimum absolute atomic E-state index is 0.0129. The lowest BCUT2D eigenvalue weighted by Gasteiger charge is -2.35. The average molecular weight is 1110 g/mol. The summed E-state index contributed by atoms with van der Waals surface area (Å²) >= 11 is 1.56. The summed E-state index contributed by atoms with van der Waals surface area (Å²) in [5.74, 6) is -5.15. The second kappa shape index (κ2) is 24.1. The van der Waals surface area contributed by atoms with E-state index in [1.165, 1.54) is 47.4 Å². The number of nitrogens with two attached hydrogens (primary N) is 1. The van der Waals surface area contributed by atoms with Gasteiger partial charge in [0.2, 0.25) is 17.7 Å². The molecule has 0 spiro atoms. The molecule has 3 amide bonds. The molecule has 414 valence electrons. The maximum absolute atomic E-state index is 14.1. The predicted octanol–water partition coefficient (Wildman–Crippen LogP) is 8.91. The number of likely N-dealkylation sites (tertiary alicyclic amines) is 1.